The predicted octanol–water partition coefficient (Wildman–Crippen LogP) is 2.87. The van der Waals surface area contributed by atoms with Crippen molar-refractivity contribution in [3.63, 3.8) is 0 Å². The van der Waals surface area contributed by atoms with Crippen LogP contribution in [0.3, 0.4) is 0 Å². The quantitative estimate of drug-likeness (QED) is 0.929. The van der Waals surface area contributed by atoms with Crippen LogP contribution >= 0.6 is 0 Å². The number of nitrogens with zero attached hydrogens (tertiary/aromatic N) is 3. The third kappa shape index (κ3) is 3.07. The zero-order valence-electron chi connectivity index (χ0n) is 11.8. The molecule has 1 aromatic heterocycles. The van der Waals surface area contributed by atoms with Gasteiger partial charge in [-0.05, 0) is 43.5 Å². The fourth-order valence-electron chi connectivity index (χ4n) is 2.65. The topological polar surface area (TPSA) is 41.0 Å². The fourth-order valence-corrected chi connectivity index (χ4v) is 2.65. The lowest BCUT2D eigenvalue weighted by atomic mass is 10.0. The summed E-state index contributed by atoms with van der Waals surface area (Å²) in [7, 11) is 0. The summed E-state index contributed by atoms with van der Waals surface area (Å²) < 4.78 is 0. The Kier molecular flexibility index (Phi) is 3.81. The van der Waals surface area contributed by atoms with Gasteiger partial charge >= 0.3 is 0 Å². The van der Waals surface area contributed by atoms with Gasteiger partial charge in [-0.1, -0.05) is 12.1 Å². The number of nitrogens with one attached hydrogen (secondary N) is 1. The SMILES string of the molecule is Cc1cccc(NC2CCN(c3ncccn3)CC2)c1. The lowest BCUT2D eigenvalue weighted by molar-refractivity contribution is 0.520. The van der Waals surface area contributed by atoms with E-state index in [1.54, 1.807) is 12.4 Å². The molecule has 2 aromatic rings. The van der Waals surface area contributed by atoms with Gasteiger partial charge in [0.05, 0.1) is 0 Å². The van der Waals surface area contributed by atoms with Gasteiger partial charge in [0.25, 0.3) is 0 Å². The minimum Gasteiger partial charge on any atom is -0.382 e. The Labute approximate surface area is 119 Å². The van der Waals surface area contributed by atoms with Crippen molar-refractivity contribution in [3.8, 4) is 0 Å². The van der Waals surface area contributed by atoms with Crippen molar-refractivity contribution in [2.45, 2.75) is 25.8 Å². The van der Waals surface area contributed by atoms with Crippen LogP contribution in [0.25, 0.3) is 0 Å². The first-order valence-corrected chi connectivity index (χ1v) is 7.16. The maximum atomic E-state index is 4.32. The molecule has 0 aliphatic carbocycles. The van der Waals surface area contributed by atoms with Crippen molar-refractivity contribution in [1.29, 1.82) is 0 Å². The molecule has 0 bridgehead atoms. The van der Waals surface area contributed by atoms with E-state index >= 15 is 0 Å². The summed E-state index contributed by atoms with van der Waals surface area (Å²) in [6, 6.07) is 11.0. The maximum Gasteiger partial charge on any atom is 0.225 e. The van der Waals surface area contributed by atoms with Gasteiger partial charge in [0.15, 0.2) is 0 Å². The fraction of sp³-hybridized carbons (Fsp3) is 0.375. The van der Waals surface area contributed by atoms with Gasteiger partial charge in [0.1, 0.15) is 0 Å². The minimum absolute atomic E-state index is 0.539. The van der Waals surface area contributed by atoms with Crippen LogP contribution in [0.1, 0.15) is 18.4 Å². The second kappa shape index (κ2) is 5.90. The van der Waals surface area contributed by atoms with Gasteiger partial charge in [-0.2, -0.15) is 0 Å². The van der Waals surface area contributed by atoms with Gasteiger partial charge in [-0.15, -0.1) is 0 Å². The molecule has 4 nitrogen and oxygen atoms in total. The molecule has 0 saturated carbocycles. The first-order valence-electron chi connectivity index (χ1n) is 7.16. The first kappa shape index (κ1) is 12.9. The van der Waals surface area contributed by atoms with Crippen LogP contribution in [-0.2, 0) is 0 Å². The molecule has 20 heavy (non-hydrogen) atoms. The lowest BCUT2D eigenvalue weighted by Gasteiger charge is -2.32. The van der Waals surface area contributed by atoms with Crippen molar-refractivity contribution < 1.29 is 0 Å². The van der Waals surface area contributed by atoms with Crippen LogP contribution < -0.4 is 10.2 Å². The Morgan fingerprint density at radius 3 is 2.55 bits per heavy atom. The Hall–Kier alpha value is -2.10. The molecule has 3 rings (SSSR count). The number of anilines is 2. The minimum atomic E-state index is 0.539. The van der Waals surface area contributed by atoms with Crippen LogP contribution in [0.15, 0.2) is 42.7 Å². The normalized spacial score (nSPS) is 16.1. The van der Waals surface area contributed by atoms with Crippen LogP contribution in [0, 0.1) is 6.92 Å². The van der Waals surface area contributed by atoms with E-state index in [0.29, 0.717) is 6.04 Å². The molecule has 1 aromatic carbocycles. The Morgan fingerprint density at radius 1 is 1.10 bits per heavy atom. The number of benzene rings is 1. The van der Waals surface area contributed by atoms with Gasteiger partial charge < -0.3 is 10.2 Å². The van der Waals surface area contributed by atoms with Gasteiger partial charge in [-0.3, -0.25) is 0 Å². The highest BCUT2D eigenvalue weighted by atomic mass is 15.3. The monoisotopic (exact) mass is 268 g/mol. The molecule has 1 saturated heterocycles. The smallest absolute Gasteiger partial charge is 0.225 e. The standard InChI is InChI=1S/C16H20N4/c1-13-4-2-5-15(12-13)19-14-6-10-20(11-7-14)16-17-8-3-9-18-16/h2-5,8-9,12,14,19H,6-7,10-11H2,1H3. The van der Waals surface area contributed by atoms with E-state index in [4.69, 9.17) is 0 Å². The maximum absolute atomic E-state index is 4.32. The Morgan fingerprint density at radius 2 is 1.85 bits per heavy atom. The Bertz CT molecular complexity index is 547. The summed E-state index contributed by atoms with van der Waals surface area (Å²) in [5.41, 5.74) is 2.52. The van der Waals surface area contributed by atoms with Crippen LogP contribution in [0.5, 0.6) is 0 Å². The molecule has 104 valence electrons. The van der Waals surface area contributed by atoms with Crippen LogP contribution in [0.2, 0.25) is 0 Å². The second-order valence-corrected chi connectivity index (χ2v) is 5.32. The third-order valence-corrected chi connectivity index (χ3v) is 3.72. The van der Waals surface area contributed by atoms with Crippen molar-refractivity contribution in [2.75, 3.05) is 23.3 Å². The average molecular weight is 268 g/mol. The van der Waals surface area contributed by atoms with E-state index in [-0.39, 0.29) is 0 Å². The second-order valence-electron chi connectivity index (χ2n) is 5.32. The molecule has 0 atom stereocenters. The number of rotatable bonds is 3. The number of piperidine rings is 1. The van der Waals surface area contributed by atoms with E-state index in [1.165, 1.54) is 11.3 Å². The molecule has 1 fully saturated rings. The molecule has 0 radical (unpaired) electrons. The average Bonchev–Trinajstić information content (AvgIpc) is 2.49. The van der Waals surface area contributed by atoms with Crippen molar-refractivity contribution in [1.82, 2.24) is 9.97 Å². The van der Waals surface area contributed by atoms with Crippen molar-refractivity contribution in [3.05, 3.63) is 48.3 Å². The molecule has 1 aliphatic heterocycles. The summed E-state index contributed by atoms with van der Waals surface area (Å²) in [4.78, 5) is 10.9. The molecule has 0 spiro atoms. The molecule has 4 heteroatoms. The first-order chi connectivity index (χ1) is 9.81. The van der Waals surface area contributed by atoms with E-state index in [9.17, 15) is 0 Å². The van der Waals surface area contributed by atoms with E-state index in [0.717, 1.165) is 31.9 Å². The predicted molar refractivity (Wildman–Crippen MR) is 82.1 cm³/mol. The summed E-state index contributed by atoms with van der Waals surface area (Å²) in [5.74, 6) is 0.849. The van der Waals surface area contributed by atoms with E-state index in [2.05, 4.69) is 51.4 Å². The highest BCUT2D eigenvalue weighted by Crippen LogP contribution is 2.19. The number of aromatic nitrogens is 2. The van der Waals surface area contributed by atoms with E-state index in [1.807, 2.05) is 6.07 Å². The van der Waals surface area contributed by atoms with Gasteiger partial charge in [0, 0.05) is 37.2 Å². The molecule has 1 N–H and O–H groups in total. The summed E-state index contributed by atoms with van der Waals surface area (Å²) in [5, 5.41) is 3.63. The molecule has 1 aliphatic rings. The highest BCUT2D eigenvalue weighted by molar-refractivity contribution is 5.46. The highest BCUT2D eigenvalue weighted by Gasteiger charge is 2.20. The lowest BCUT2D eigenvalue weighted by Crippen LogP contribution is -2.39. The zero-order chi connectivity index (χ0) is 13.8. The summed E-state index contributed by atoms with van der Waals surface area (Å²) >= 11 is 0. The third-order valence-electron chi connectivity index (χ3n) is 3.72. The largest absolute Gasteiger partial charge is 0.382 e. The molecular weight excluding hydrogens is 248 g/mol. The van der Waals surface area contributed by atoms with Crippen molar-refractivity contribution >= 4 is 11.6 Å². The number of hydrogen-bond donors (Lipinski definition) is 1. The molecular formula is C16H20N4. The van der Waals surface area contributed by atoms with Gasteiger partial charge in [-0.25, -0.2) is 9.97 Å². The van der Waals surface area contributed by atoms with E-state index < -0.39 is 0 Å². The van der Waals surface area contributed by atoms with Crippen molar-refractivity contribution in [2.24, 2.45) is 0 Å². The number of hydrogen-bond acceptors (Lipinski definition) is 4. The summed E-state index contributed by atoms with van der Waals surface area (Å²) in [6.45, 7) is 4.14. The number of aryl methyl sites for hydroxylation is 1. The zero-order valence-corrected chi connectivity index (χ0v) is 11.8. The van der Waals surface area contributed by atoms with Crippen LogP contribution in [-0.4, -0.2) is 29.1 Å². The summed E-state index contributed by atoms with van der Waals surface area (Å²) in [6.07, 6.45) is 5.84. The molecule has 0 amide bonds. The van der Waals surface area contributed by atoms with Crippen LogP contribution in [0.4, 0.5) is 11.6 Å². The molecule has 2 heterocycles. The Balaban J connectivity index is 1.56. The van der Waals surface area contributed by atoms with Gasteiger partial charge in [0.2, 0.25) is 5.95 Å². The molecule has 0 unspecified atom stereocenters.